The monoisotopic (exact) mass is 235 g/mol. The molecule has 3 heteroatoms. The molecule has 1 unspecified atom stereocenters. The zero-order valence-corrected chi connectivity index (χ0v) is 11.0. The van der Waals surface area contributed by atoms with Crippen molar-refractivity contribution in [2.45, 2.75) is 46.1 Å². The van der Waals surface area contributed by atoms with Gasteiger partial charge in [-0.1, -0.05) is 17.7 Å². The largest absolute Gasteiger partial charge is 0.480 e. The lowest BCUT2D eigenvalue weighted by atomic mass is 9.90. The van der Waals surface area contributed by atoms with E-state index in [9.17, 15) is 4.79 Å². The van der Waals surface area contributed by atoms with Gasteiger partial charge in [0.25, 0.3) is 0 Å². The molecule has 0 saturated carbocycles. The molecule has 0 aliphatic rings. The molecule has 0 aliphatic carbocycles. The third kappa shape index (κ3) is 3.30. The van der Waals surface area contributed by atoms with E-state index in [2.05, 4.69) is 32.9 Å². The van der Waals surface area contributed by atoms with Crippen LogP contribution in [0, 0.1) is 20.8 Å². The third-order valence-corrected chi connectivity index (χ3v) is 3.22. The maximum absolute atomic E-state index is 10.9. The lowest BCUT2D eigenvalue weighted by Gasteiger charge is -2.20. The Morgan fingerprint density at radius 1 is 1.29 bits per heavy atom. The van der Waals surface area contributed by atoms with Crippen molar-refractivity contribution in [3.05, 3.63) is 34.4 Å². The first kappa shape index (κ1) is 13.7. The molecular weight excluding hydrogens is 214 g/mol. The summed E-state index contributed by atoms with van der Waals surface area (Å²) in [5.41, 5.74) is 9.46. The number of carbonyl (C=O) groups is 1. The fourth-order valence-electron chi connectivity index (χ4n) is 2.10. The van der Waals surface area contributed by atoms with Gasteiger partial charge in [0.05, 0.1) is 0 Å². The minimum atomic E-state index is -1.15. The molecule has 1 atom stereocenters. The van der Waals surface area contributed by atoms with Gasteiger partial charge >= 0.3 is 5.97 Å². The summed E-state index contributed by atoms with van der Waals surface area (Å²) in [6.45, 7) is 7.75. The topological polar surface area (TPSA) is 63.3 Å². The summed E-state index contributed by atoms with van der Waals surface area (Å²) in [5, 5.41) is 8.98. The lowest BCUT2D eigenvalue weighted by Crippen LogP contribution is -2.45. The van der Waals surface area contributed by atoms with Gasteiger partial charge in [0.15, 0.2) is 0 Å². The van der Waals surface area contributed by atoms with Gasteiger partial charge in [0.2, 0.25) is 0 Å². The molecule has 1 aromatic carbocycles. The Kier molecular flexibility index (Phi) is 3.94. The van der Waals surface area contributed by atoms with Crippen molar-refractivity contribution in [1.82, 2.24) is 0 Å². The molecule has 3 N–H and O–H groups in total. The number of aliphatic carboxylic acids is 1. The highest BCUT2D eigenvalue weighted by Gasteiger charge is 2.27. The number of aryl methyl sites for hydroxylation is 3. The van der Waals surface area contributed by atoms with Crippen molar-refractivity contribution in [3.8, 4) is 0 Å². The Bertz CT molecular complexity index is 413. The van der Waals surface area contributed by atoms with Gasteiger partial charge in [0, 0.05) is 0 Å². The SMILES string of the molecule is Cc1cc(C)c(CCC(C)(N)C(=O)O)c(C)c1. The Balaban J connectivity index is 2.87. The Hall–Kier alpha value is -1.35. The average molecular weight is 235 g/mol. The first-order valence-corrected chi connectivity index (χ1v) is 5.83. The maximum atomic E-state index is 10.9. The van der Waals surface area contributed by atoms with Gasteiger partial charge in [-0.2, -0.15) is 0 Å². The normalized spacial score (nSPS) is 14.4. The molecule has 0 fully saturated rings. The smallest absolute Gasteiger partial charge is 0.323 e. The molecular formula is C14H21NO2. The van der Waals surface area contributed by atoms with E-state index in [4.69, 9.17) is 10.8 Å². The standard InChI is InChI=1S/C14H21NO2/c1-9-7-10(2)12(11(3)8-9)5-6-14(4,15)13(16)17/h7-8H,5-6,15H2,1-4H3,(H,16,17). The highest BCUT2D eigenvalue weighted by molar-refractivity contribution is 5.77. The summed E-state index contributed by atoms with van der Waals surface area (Å²) in [4.78, 5) is 10.9. The Labute approximate surface area is 103 Å². The maximum Gasteiger partial charge on any atom is 0.323 e. The quantitative estimate of drug-likeness (QED) is 0.842. The molecule has 0 aliphatic heterocycles. The van der Waals surface area contributed by atoms with E-state index in [1.807, 2.05) is 0 Å². The predicted molar refractivity (Wildman–Crippen MR) is 69.2 cm³/mol. The number of hydrogen-bond acceptors (Lipinski definition) is 2. The number of rotatable bonds is 4. The summed E-state index contributed by atoms with van der Waals surface area (Å²) in [5.74, 6) is -0.945. The van der Waals surface area contributed by atoms with Crippen molar-refractivity contribution in [2.75, 3.05) is 0 Å². The Morgan fingerprint density at radius 3 is 2.18 bits per heavy atom. The predicted octanol–water partition coefficient (Wildman–Crippen LogP) is 2.35. The molecule has 1 aromatic rings. The van der Waals surface area contributed by atoms with Crippen LogP contribution in [0.2, 0.25) is 0 Å². The lowest BCUT2D eigenvalue weighted by molar-refractivity contribution is -0.142. The first-order valence-electron chi connectivity index (χ1n) is 5.83. The number of carboxylic acid groups (broad SMARTS) is 1. The van der Waals surface area contributed by atoms with Crippen LogP contribution in [-0.2, 0) is 11.2 Å². The molecule has 0 heterocycles. The average Bonchev–Trinajstić information content (AvgIpc) is 2.15. The van der Waals surface area contributed by atoms with E-state index in [-0.39, 0.29) is 0 Å². The van der Waals surface area contributed by atoms with Crippen LogP contribution in [0.15, 0.2) is 12.1 Å². The summed E-state index contributed by atoms with van der Waals surface area (Å²) in [6, 6.07) is 4.24. The molecule has 0 spiro atoms. The van der Waals surface area contributed by atoms with E-state index >= 15 is 0 Å². The van der Waals surface area contributed by atoms with E-state index in [0.29, 0.717) is 12.8 Å². The van der Waals surface area contributed by atoms with Gasteiger partial charge in [-0.25, -0.2) is 0 Å². The van der Waals surface area contributed by atoms with Crippen LogP contribution in [0.1, 0.15) is 35.6 Å². The van der Waals surface area contributed by atoms with Crippen LogP contribution in [0.5, 0.6) is 0 Å². The highest BCUT2D eigenvalue weighted by atomic mass is 16.4. The molecule has 0 bridgehead atoms. The van der Waals surface area contributed by atoms with E-state index in [1.54, 1.807) is 6.92 Å². The molecule has 0 saturated heterocycles. The zero-order valence-electron chi connectivity index (χ0n) is 11.0. The van der Waals surface area contributed by atoms with Crippen LogP contribution < -0.4 is 5.73 Å². The minimum absolute atomic E-state index is 0.451. The van der Waals surface area contributed by atoms with Crippen LogP contribution in [0.3, 0.4) is 0 Å². The Morgan fingerprint density at radius 2 is 1.76 bits per heavy atom. The van der Waals surface area contributed by atoms with Crippen molar-refractivity contribution < 1.29 is 9.90 Å². The summed E-state index contributed by atoms with van der Waals surface area (Å²) < 4.78 is 0. The molecule has 0 aromatic heterocycles. The van der Waals surface area contributed by atoms with Crippen molar-refractivity contribution >= 4 is 5.97 Å². The van der Waals surface area contributed by atoms with Gasteiger partial charge < -0.3 is 10.8 Å². The van der Waals surface area contributed by atoms with Gasteiger partial charge in [-0.15, -0.1) is 0 Å². The second-order valence-corrected chi connectivity index (χ2v) is 5.10. The molecule has 1 rings (SSSR count). The van der Waals surface area contributed by atoms with Crippen LogP contribution in [0.25, 0.3) is 0 Å². The van der Waals surface area contributed by atoms with E-state index < -0.39 is 11.5 Å². The minimum Gasteiger partial charge on any atom is -0.480 e. The summed E-state index contributed by atoms with van der Waals surface area (Å²) in [7, 11) is 0. The fourth-order valence-corrected chi connectivity index (χ4v) is 2.10. The second kappa shape index (κ2) is 4.88. The molecule has 94 valence electrons. The molecule has 3 nitrogen and oxygen atoms in total. The molecule has 0 radical (unpaired) electrons. The van der Waals surface area contributed by atoms with Gasteiger partial charge in [0.1, 0.15) is 5.54 Å². The summed E-state index contributed by atoms with van der Waals surface area (Å²) in [6.07, 6.45) is 1.16. The van der Waals surface area contributed by atoms with Crippen LogP contribution in [0.4, 0.5) is 0 Å². The van der Waals surface area contributed by atoms with E-state index in [0.717, 1.165) is 0 Å². The first-order chi connectivity index (χ1) is 7.74. The number of carboxylic acids is 1. The summed E-state index contributed by atoms with van der Waals surface area (Å²) >= 11 is 0. The van der Waals surface area contributed by atoms with Crippen LogP contribution >= 0.6 is 0 Å². The number of benzene rings is 1. The van der Waals surface area contributed by atoms with Crippen molar-refractivity contribution in [1.29, 1.82) is 0 Å². The number of hydrogen-bond donors (Lipinski definition) is 2. The zero-order chi connectivity index (χ0) is 13.2. The number of nitrogens with two attached hydrogens (primary N) is 1. The van der Waals surface area contributed by atoms with Gasteiger partial charge in [-0.3, -0.25) is 4.79 Å². The van der Waals surface area contributed by atoms with E-state index in [1.165, 1.54) is 22.3 Å². The van der Waals surface area contributed by atoms with Crippen LogP contribution in [-0.4, -0.2) is 16.6 Å². The third-order valence-electron chi connectivity index (χ3n) is 3.22. The molecule has 0 amide bonds. The van der Waals surface area contributed by atoms with Crippen molar-refractivity contribution in [3.63, 3.8) is 0 Å². The highest BCUT2D eigenvalue weighted by Crippen LogP contribution is 2.20. The fraction of sp³-hybridized carbons (Fsp3) is 0.500. The van der Waals surface area contributed by atoms with Crippen molar-refractivity contribution in [2.24, 2.45) is 5.73 Å². The second-order valence-electron chi connectivity index (χ2n) is 5.10. The van der Waals surface area contributed by atoms with Gasteiger partial charge in [-0.05, 0) is 57.2 Å². The molecule has 17 heavy (non-hydrogen) atoms.